The maximum atomic E-state index is 12.0. The topological polar surface area (TPSA) is 83.0 Å². The van der Waals surface area contributed by atoms with E-state index in [9.17, 15) is 9.59 Å². The van der Waals surface area contributed by atoms with Gasteiger partial charge in [-0.1, -0.05) is 12.8 Å². The summed E-state index contributed by atoms with van der Waals surface area (Å²) in [6, 6.07) is 0. The normalized spacial score (nSPS) is 18.5. The van der Waals surface area contributed by atoms with Gasteiger partial charge in [0.15, 0.2) is 5.96 Å². The predicted octanol–water partition coefficient (Wildman–Crippen LogP) is 2.54. The van der Waals surface area contributed by atoms with Crippen molar-refractivity contribution in [3.8, 4) is 0 Å². The number of rotatable bonds is 8. The van der Waals surface area contributed by atoms with Crippen molar-refractivity contribution in [2.24, 2.45) is 16.8 Å². The number of piperidine rings is 1. The van der Waals surface area contributed by atoms with Crippen LogP contribution in [0.4, 0.5) is 0 Å². The first kappa shape index (κ1) is 25.0. The van der Waals surface area contributed by atoms with Crippen molar-refractivity contribution in [3.63, 3.8) is 0 Å². The molecular weight excluding hydrogens is 471 g/mol. The molecule has 0 spiro atoms. The zero-order valence-electron chi connectivity index (χ0n) is 17.4. The number of ether oxygens (including phenoxy) is 1. The zero-order valence-corrected chi connectivity index (χ0v) is 19.7. The van der Waals surface area contributed by atoms with Crippen molar-refractivity contribution in [2.75, 3.05) is 39.3 Å². The van der Waals surface area contributed by atoms with Crippen LogP contribution in [0.2, 0.25) is 0 Å². The fraction of sp³-hybridized carbons (Fsp3) is 0.850. The van der Waals surface area contributed by atoms with Crippen LogP contribution in [0.1, 0.15) is 58.8 Å². The highest BCUT2D eigenvalue weighted by Crippen LogP contribution is 2.27. The quantitative estimate of drug-likeness (QED) is 0.173. The number of hydrogen-bond donors (Lipinski definition) is 2. The maximum absolute atomic E-state index is 12.0. The summed E-state index contributed by atoms with van der Waals surface area (Å²) in [5.41, 5.74) is 0. The van der Waals surface area contributed by atoms with E-state index < -0.39 is 0 Å². The number of aliphatic imine (C=N–C) groups is 1. The van der Waals surface area contributed by atoms with Crippen LogP contribution in [0.15, 0.2) is 4.99 Å². The Morgan fingerprint density at radius 2 is 1.75 bits per heavy atom. The van der Waals surface area contributed by atoms with Gasteiger partial charge in [0, 0.05) is 32.6 Å². The van der Waals surface area contributed by atoms with Crippen LogP contribution in [0, 0.1) is 11.8 Å². The molecule has 0 bridgehead atoms. The van der Waals surface area contributed by atoms with E-state index in [2.05, 4.69) is 20.5 Å². The molecule has 1 aliphatic heterocycles. The first-order chi connectivity index (χ1) is 13.1. The third kappa shape index (κ3) is 8.53. The predicted molar refractivity (Wildman–Crippen MR) is 122 cm³/mol. The minimum Gasteiger partial charge on any atom is -0.466 e. The number of amides is 1. The first-order valence-electron chi connectivity index (χ1n) is 10.6. The number of nitrogens with zero attached hydrogens (tertiary/aromatic N) is 2. The molecule has 2 rings (SSSR count). The largest absolute Gasteiger partial charge is 0.466 e. The minimum atomic E-state index is -0.0796. The minimum absolute atomic E-state index is 0. The average molecular weight is 508 g/mol. The summed E-state index contributed by atoms with van der Waals surface area (Å²) in [7, 11) is 0. The summed E-state index contributed by atoms with van der Waals surface area (Å²) in [5, 5.41) is 6.31. The lowest BCUT2D eigenvalue weighted by Crippen LogP contribution is -2.47. The highest BCUT2D eigenvalue weighted by molar-refractivity contribution is 14.0. The van der Waals surface area contributed by atoms with Gasteiger partial charge in [-0.2, -0.15) is 0 Å². The van der Waals surface area contributed by atoms with Crippen molar-refractivity contribution < 1.29 is 14.3 Å². The summed E-state index contributed by atoms with van der Waals surface area (Å²) >= 11 is 0. The summed E-state index contributed by atoms with van der Waals surface area (Å²) in [6.45, 7) is 7.85. The van der Waals surface area contributed by atoms with E-state index in [1.807, 2.05) is 13.8 Å². The molecule has 0 unspecified atom stereocenters. The number of likely N-dealkylation sites (tertiary alicyclic amines) is 1. The Morgan fingerprint density at radius 3 is 2.36 bits per heavy atom. The third-order valence-corrected chi connectivity index (χ3v) is 5.39. The molecule has 0 atom stereocenters. The molecule has 0 aromatic rings. The van der Waals surface area contributed by atoms with Crippen molar-refractivity contribution in [2.45, 2.75) is 58.8 Å². The molecule has 0 aromatic heterocycles. The number of carbonyl (C=O) groups excluding carboxylic acids is 2. The molecule has 0 radical (unpaired) electrons. The number of guanidine groups is 1. The molecule has 7 nitrogen and oxygen atoms in total. The van der Waals surface area contributed by atoms with E-state index >= 15 is 0 Å². The standard InChI is InChI=1S/C20H36N4O3.HI/c1-3-21-20(24-13-9-17(10-14-24)19(26)27-4-2)23-12-11-22-18(25)15-16-7-5-6-8-16;/h16-17H,3-15H2,1-2H3,(H,21,23)(H,22,25);1H. The molecule has 1 heterocycles. The number of esters is 1. The van der Waals surface area contributed by atoms with E-state index in [1.54, 1.807) is 0 Å². The van der Waals surface area contributed by atoms with Gasteiger partial charge in [0.25, 0.3) is 0 Å². The second-order valence-electron chi connectivity index (χ2n) is 7.45. The van der Waals surface area contributed by atoms with Gasteiger partial charge in [-0.25, -0.2) is 0 Å². The molecular formula is C20H37IN4O3. The van der Waals surface area contributed by atoms with Crippen molar-refractivity contribution in [1.82, 2.24) is 15.5 Å². The zero-order chi connectivity index (χ0) is 19.5. The van der Waals surface area contributed by atoms with Gasteiger partial charge in [0.1, 0.15) is 0 Å². The Labute approximate surface area is 186 Å². The highest BCUT2D eigenvalue weighted by Gasteiger charge is 2.27. The SMILES string of the molecule is CCNC(=NCCNC(=O)CC1CCCC1)N1CCC(C(=O)OCC)CC1.I. The van der Waals surface area contributed by atoms with Crippen LogP contribution in [0.5, 0.6) is 0 Å². The lowest BCUT2D eigenvalue weighted by atomic mass is 9.97. The van der Waals surface area contributed by atoms with Crippen LogP contribution in [-0.4, -0.2) is 62.1 Å². The van der Waals surface area contributed by atoms with Gasteiger partial charge in [0.2, 0.25) is 5.91 Å². The van der Waals surface area contributed by atoms with E-state index in [0.717, 1.165) is 38.4 Å². The first-order valence-corrected chi connectivity index (χ1v) is 10.6. The van der Waals surface area contributed by atoms with Crippen LogP contribution in [0.3, 0.4) is 0 Å². The molecule has 28 heavy (non-hydrogen) atoms. The number of halogens is 1. The smallest absolute Gasteiger partial charge is 0.309 e. The Bertz CT molecular complexity index is 502. The molecule has 1 saturated heterocycles. The summed E-state index contributed by atoms with van der Waals surface area (Å²) in [6.07, 6.45) is 7.16. The van der Waals surface area contributed by atoms with Crippen LogP contribution < -0.4 is 10.6 Å². The van der Waals surface area contributed by atoms with E-state index in [1.165, 1.54) is 25.7 Å². The Balaban J connectivity index is 0.00000392. The third-order valence-electron chi connectivity index (χ3n) is 5.39. The van der Waals surface area contributed by atoms with Crippen molar-refractivity contribution >= 4 is 41.8 Å². The van der Waals surface area contributed by atoms with Gasteiger partial charge in [-0.3, -0.25) is 14.6 Å². The number of hydrogen-bond acceptors (Lipinski definition) is 4. The lowest BCUT2D eigenvalue weighted by molar-refractivity contribution is -0.149. The van der Waals surface area contributed by atoms with Gasteiger partial charge < -0.3 is 20.3 Å². The lowest BCUT2D eigenvalue weighted by Gasteiger charge is -2.33. The van der Waals surface area contributed by atoms with Gasteiger partial charge >= 0.3 is 5.97 Å². The maximum Gasteiger partial charge on any atom is 0.309 e. The molecule has 162 valence electrons. The molecule has 1 amide bonds. The van der Waals surface area contributed by atoms with E-state index in [4.69, 9.17) is 4.74 Å². The fourth-order valence-corrected chi connectivity index (χ4v) is 3.92. The Kier molecular flexibility index (Phi) is 12.5. The molecule has 8 heteroatoms. The Morgan fingerprint density at radius 1 is 1.07 bits per heavy atom. The molecule has 1 aliphatic carbocycles. The average Bonchev–Trinajstić information content (AvgIpc) is 3.17. The second-order valence-corrected chi connectivity index (χ2v) is 7.45. The van der Waals surface area contributed by atoms with Crippen LogP contribution in [-0.2, 0) is 14.3 Å². The summed E-state index contributed by atoms with van der Waals surface area (Å²) in [5.74, 6) is 1.51. The molecule has 2 fully saturated rings. The van der Waals surface area contributed by atoms with Crippen molar-refractivity contribution in [1.29, 1.82) is 0 Å². The van der Waals surface area contributed by atoms with Gasteiger partial charge in [0.05, 0.1) is 19.1 Å². The molecule has 0 aromatic carbocycles. The van der Waals surface area contributed by atoms with Crippen LogP contribution in [0.25, 0.3) is 0 Å². The molecule has 2 N–H and O–H groups in total. The Hall–Kier alpha value is -1.06. The van der Waals surface area contributed by atoms with Gasteiger partial charge in [-0.15, -0.1) is 24.0 Å². The van der Waals surface area contributed by atoms with Crippen LogP contribution >= 0.6 is 24.0 Å². The fourth-order valence-electron chi connectivity index (χ4n) is 3.92. The second kappa shape index (κ2) is 14.0. The highest BCUT2D eigenvalue weighted by atomic mass is 127. The van der Waals surface area contributed by atoms with Crippen molar-refractivity contribution in [3.05, 3.63) is 0 Å². The molecule has 2 aliphatic rings. The number of nitrogens with one attached hydrogen (secondary N) is 2. The van der Waals surface area contributed by atoms with Gasteiger partial charge in [-0.05, 0) is 45.4 Å². The van der Waals surface area contributed by atoms with E-state index in [-0.39, 0.29) is 41.8 Å². The van der Waals surface area contributed by atoms with E-state index in [0.29, 0.717) is 32.0 Å². The summed E-state index contributed by atoms with van der Waals surface area (Å²) < 4.78 is 5.13. The monoisotopic (exact) mass is 508 g/mol. The summed E-state index contributed by atoms with van der Waals surface area (Å²) in [4.78, 5) is 30.7. The molecule has 1 saturated carbocycles. The number of carbonyl (C=O) groups is 2.